The standard InChI is InChI=1S/C20H27N3O3S2/c1-22(2)17(18-10-8-14-27-18)15-21-20(24)16-9-4-5-11-19(16)28(25,26)23-12-6-3-7-13-23/h4-5,8-11,14,17H,3,6-7,12-13,15H2,1-2H3,(H,21,24). The summed E-state index contributed by atoms with van der Waals surface area (Å²) in [6.45, 7) is 1.43. The largest absolute Gasteiger partial charge is 0.350 e. The van der Waals surface area contributed by atoms with Gasteiger partial charge in [-0.15, -0.1) is 11.3 Å². The fraction of sp³-hybridized carbons (Fsp3) is 0.450. The lowest BCUT2D eigenvalue weighted by molar-refractivity contribution is 0.0938. The Balaban J connectivity index is 1.79. The highest BCUT2D eigenvalue weighted by atomic mass is 32.2. The molecule has 1 aromatic carbocycles. The topological polar surface area (TPSA) is 69.7 Å². The minimum atomic E-state index is -3.67. The third kappa shape index (κ3) is 4.63. The lowest BCUT2D eigenvalue weighted by Crippen LogP contribution is -2.38. The molecule has 152 valence electrons. The van der Waals surface area contributed by atoms with Crippen molar-refractivity contribution in [1.29, 1.82) is 0 Å². The molecule has 1 N–H and O–H groups in total. The zero-order valence-corrected chi connectivity index (χ0v) is 17.9. The molecule has 0 bridgehead atoms. The molecule has 1 unspecified atom stereocenters. The number of piperidine rings is 1. The first-order valence-electron chi connectivity index (χ1n) is 9.48. The van der Waals surface area contributed by atoms with Crippen LogP contribution in [0.1, 0.15) is 40.5 Å². The van der Waals surface area contributed by atoms with Crippen molar-refractivity contribution in [2.24, 2.45) is 0 Å². The number of likely N-dealkylation sites (N-methyl/N-ethyl adjacent to an activating group) is 1. The van der Waals surface area contributed by atoms with Crippen molar-refractivity contribution >= 4 is 27.3 Å². The van der Waals surface area contributed by atoms with Crippen LogP contribution in [0.15, 0.2) is 46.7 Å². The maximum Gasteiger partial charge on any atom is 0.252 e. The van der Waals surface area contributed by atoms with Crippen LogP contribution in [-0.2, 0) is 10.0 Å². The molecule has 2 heterocycles. The maximum atomic E-state index is 13.1. The number of rotatable bonds is 7. The van der Waals surface area contributed by atoms with E-state index in [1.807, 2.05) is 36.5 Å². The third-order valence-corrected chi connectivity index (χ3v) is 7.95. The Labute approximate surface area is 171 Å². The van der Waals surface area contributed by atoms with Crippen molar-refractivity contribution in [2.45, 2.75) is 30.2 Å². The fourth-order valence-electron chi connectivity index (χ4n) is 3.43. The van der Waals surface area contributed by atoms with Gasteiger partial charge >= 0.3 is 0 Å². The van der Waals surface area contributed by atoms with Gasteiger partial charge in [0.15, 0.2) is 0 Å². The van der Waals surface area contributed by atoms with Gasteiger partial charge in [0.05, 0.1) is 16.5 Å². The van der Waals surface area contributed by atoms with E-state index in [0.29, 0.717) is 19.6 Å². The summed E-state index contributed by atoms with van der Waals surface area (Å²) in [7, 11) is 0.256. The molecular formula is C20H27N3O3S2. The summed E-state index contributed by atoms with van der Waals surface area (Å²) >= 11 is 1.64. The molecule has 2 aromatic rings. The van der Waals surface area contributed by atoms with Crippen LogP contribution in [0.25, 0.3) is 0 Å². The minimum Gasteiger partial charge on any atom is -0.350 e. The van der Waals surface area contributed by atoms with Crippen LogP contribution >= 0.6 is 11.3 Å². The molecule has 6 nitrogen and oxygen atoms in total. The Morgan fingerprint density at radius 1 is 1.14 bits per heavy atom. The van der Waals surface area contributed by atoms with Crippen molar-refractivity contribution in [2.75, 3.05) is 33.7 Å². The number of nitrogens with zero attached hydrogens (tertiary/aromatic N) is 2. The van der Waals surface area contributed by atoms with Gasteiger partial charge in [-0.2, -0.15) is 4.31 Å². The normalized spacial score (nSPS) is 16.8. The van der Waals surface area contributed by atoms with Gasteiger partial charge < -0.3 is 10.2 Å². The predicted octanol–water partition coefficient (Wildman–Crippen LogP) is 2.96. The van der Waals surface area contributed by atoms with E-state index in [2.05, 4.69) is 5.32 Å². The van der Waals surface area contributed by atoms with Crippen LogP contribution in [-0.4, -0.2) is 57.3 Å². The molecule has 1 atom stereocenters. The SMILES string of the molecule is CN(C)C(CNC(=O)c1ccccc1S(=O)(=O)N1CCCCC1)c1cccs1. The molecule has 1 saturated heterocycles. The van der Waals surface area contributed by atoms with Crippen LogP contribution < -0.4 is 5.32 Å². The zero-order valence-electron chi connectivity index (χ0n) is 16.3. The fourth-order valence-corrected chi connectivity index (χ4v) is 6.06. The number of amides is 1. The van der Waals surface area contributed by atoms with E-state index in [1.165, 1.54) is 10.4 Å². The lowest BCUT2D eigenvalue weighted by Gasteiger charge is -2.27. The van der Waals surface area contributed by atoms with Gasteiger partial charge in [-0.3, -0.25) is 4.79 Å². The van der Waals surface area contributed by atoms with Crippen molar-refractivity contribution in [3.8, 4) is 0 Å². The number of carbonyl (C=O) groups is 1. The Bertz CT molecular complexity index is 889. The Morgan fingerprint density at radius 3 is 2.50 bits per heavy atom. The minimum absolute atomic E-state index is 0.0369. The molecule has 1 amide bonds. The molecule has 8 heteroatoms. The van der Waals surface area contributed by atoms with E-state index in [0.717, 1.165) is 24.1 Å². The average molecular weight is 422 g/mol. The second kappa shape index (κ2) is 9.17. The van der Waals surface area contributed by atoms with E-state index < -0.39 is 10.0 Å². The van der Waals surface area contributed by atoms with E-state index in [9.17, 15) is 13.2 Å². The van der Waals surface area contributed by atoms with Crippen molar-refractivity contribution in [1.82, 2.24) is 14.5 Å². The van der Waals surface area contributed by atoms with Gasteiger partial charge in [-0.05, 0) is 50.5 Å². The first kappa shape index (κ1) is 21.0. The Kier molecular flexibility index (Phi) is 6.87. The average Bonchev–Trinajstić information content (AvgIpc) is 3.23. The second-order valence-electron chi connectivity index (χ2n) is 7.17. The molecule has 0 spiro atoms. The zero-order chi connectivity index (χ0) is 20.1. The number of hydrogen-bond donors (Lipinski definition) is 1. The van der Waals surface area contributed by atoms with Gasteiger partial charge in [-0.1, -0.05) is 24.6 Å². The molecule has 0 saturated carbocycles. The highest BCUT2D eigenvalue weighted by Gasteiger charge is 2.30. The predicted molar refractivity (Wildman–Crippen MR) is 112 cm³/mol. The summed E-state index contributed by atoms with van der Waals surface area (Å²) < 4.78 is 27.7. The summed E-state index contributed by atoms with van der Waals surface area (Å²) in [6, 6.07) is 10.5. The van der Waals surface area contributed by atoms with Gasteiger partial charge in [0, 0.05) is 24.5 Å². The summed E-state index contributed by atoms with van der Waals surface area (Å²) in [4.78, 5) is 16.2. The summed E-state index contributed by atoms with van der Waals surface area (Å²) in [5.74, 6) is -0.361. The van der Waals surface area contributed by atoms with Crippen LogP contribution in [0.2, 0.25) is 0 Å². The number of carbonyl (C=O) groups excluding carboxylic acids is 1. The molecule has 0 radical (unpaired) electrons. The van der Waals surface area contributed by atoms with E-state index >= 15 is 0 Å². The molecule has 3 rings (SSSR count). The van der Waals surface area contributed by atoms with Crippen molar-refractivity contribution < 1.29 is 13.2 Å². The lowest BCUT2D eigenvalue weighted by atomic mass is 10.2. The second-order valence-corrected chi connectivity index (χ2v) is 10.1. The number of nitrogens with one attached hydrogen (secondary N) is 1. The smallest absolute Gasteiger partial charge is 0.252 e. The molecule has 0 aliphatic carbocycles. The van der Waals surface area contributed by atoms with E-state index in [1.54, 1.807) is 29.5 Å². The van der Waals surface area contributed by atoms with Gasteiger partial charge in [0.2, 0.25) is 10.0 Å². The molecule has 28 heavy (non-hydrogen) atoms. The first-order chi connectivity index (χ1) is 13.4. The van der Waals surface area contributed by atoms with Crippen LogP contribution in [0.4, 0.5) is 0 Å². The molecule has 1 aromatic heterocycles. The van der Waals surface area contributed by atoms with Gasteiger partial charge in [0.1, 0.15) is 0 Å². The van der Waals surface area contributed by atoms with Crippen LogP contribution in [0, 0.1) is 0 Å². The molecule has 1 fully saturated rings. The number of hydrogen-bond acceptors (Lipinski definition) is 5. The van der Waals surface area contributed by atoms with Crippen LogP contribution in [0.3, 0.4) is 0 Å². The van der Waals surface area contributed by atoms with Gasteiger partial charge in [0.25, 0.3) is 5.91 Å². The number of benzene rings is 1. The first-order valence-corrected chi connectivity index (χ1v) is 11.8. The number of sulfonamides is 1. The highest BCUT2D eigenvalue weighted by molar-refractivity contribution is 7.89. The summed E-state index contributed by atoms with van der Waals surface area (Å²) in [6.07, 6.45) is 2.76. The third-order valence-electron chi connectivity index (χ3n) is 5.02. The highest BCUT2D eigenvalue weighted by Crippen LogP contribution is 2.25. The molecule has 1 aliphatic heterocycles. The molecular weight excluding hydrogens is 394 g/mol. The Hall–Kier alpha value is -1.74. The summed E-state index contributed by atoms with van der Waals surface area (Å²) in [5.41, 5.74) is 0.205. The van der Waals surface area contributed by atoms with E-state index in [-0.39, 0.29) is 22.4 Å². The van der Waals surface area contributed by atoms with Gasteiger partial charge in [-0.25, -0.2) is 8.42 Å². The van der Waals surface area contributed by atoms with E-state index in [4.69, 9.17) is 0 Å². The van der Waals surface area contributed by atoms with Crippen molar-refractivity contribution in [3.05, 3.63) is 52.2 Å². The van der Waals surface area contributed by atoms with Crippen molar-refractivity contribution in [3.63, 3.8) is 0 Å². The number of thiophene rings is 1. The monoisotopic (exact) mass is 421 g/mol. The Morgan fingerprint density at radius 2 is 1.86 bits per heavy atom. The molecule has 1 aliphatic rings. The quantitative estimate of drug-likeness (QED) is 0.746. The summed E-state index contributed by atoms with van der Waals surface area (Å²) in [5, 5.41) is 4.94. The van der Waals surface area contributed by atoms with Crippen LogP contribution in [0.5, 0.6) is 0 Å². The maximum absolute atomic E-state index is 13.1.